The molecule has 1 saturated heterocycles. The Morgan fingerprint density at radius 3 is 2.33 bits per heavy atom. The highest BCUT2D eigenvalue weighted by molar-refractivity contribution is 6.05. The molecular formula is C22H20N6O2. The minimum Gasteiger partial charge on any atom is -0.354 e. The number of rotatable bonds is 4. The third-order valence-electron chi connectivity index (χ3n) is 5.11. The maximum absolute atomic E-state index is 12.9. The summed E-state index contributed by atoms with van der Waals surface area (Å²) in [5, 5.41) is 6.75. The van der Waals surface area contributed by atoms with Crippen LogP contribution in [0.25, 0.3) is 22.5 Å². The van der Waals surface area contributed by atoms with Crippen molar-refractivity contribution in [3.63, 3.8) is 0 Å². The Morgan fingerprint density at radius 2 is 1.67 bits per heavy atom. The van der Waals surface area contributed by atoms with Crippen LogP contribution in [-0.2, 0) is 0 Å². The van der Waals surface area contributed by atoms with Gasteiger partial charge in [-0.25, -0.2) is 9.97 Å². The largest absolute Gasteiger partial charge is 0.354 e. The first-order chi connectivity index (χ1) is 14.7. The second kappa shape index (κ2) is 7.55. The molecular weight excluding hydrogens is 380 g/mol. The maximum atomic E-state index is 12.9. The van der Waals surface area contributed by atoms with Crippen molar-refractivity contribution >= 4 is 28.6 Å². The van der Waals surface area contributed by atoms with E-state index in [1.54, 1.807) is 31.2 Å². The van der Waals surface area contributed by atoms with E-state index in [0.29, 0.717) is 23.1 Å². The average molecular weight is 400 g/mol. The fraction of sp³-hybridized carbons (Fsp3) is 0.227. The highest BCUT2D eigenvalue weighted by Crippen LogP contribution is 2.28. The Hall–Kier alpha value is -3.81. The number of para-hydroxylation sites is 2. The maximum Gasteiger partial charge on any atom is 0.257 e. The van der Waals surface area contributed by atoms with Crippen LogP contribution in [0.3, 0.4) is 0 Å². The van der Waals surface area contributed by atoms with Gasteiger partial charge < -0.3 is 14.7 Å². The molecule has 2 aromatic carbocycles. The van der Waals surface area contributed by atoms with E-state index in [4.69, 9.17) is 9.51 Å². The number of nitrogens with zero attached hydrogens (tertiary/aromatic N) is 5. The van der Waals surface area contributed by atoms with Crippen LogP contribution in [0.15, 0.2) is 53.1 Å². The summed E-state index contributed by atoms with van der Waals surface area (Å²) in [6, 6.07) is 14.7. The molecule has 0 unspecified atom stereocenters. The Balaban J connectivity index is 1.44. The van der Waals surface area contributed by atoms with Crippen molar-refractivity contribution in [2.24, 2.45) is 0 Å². The zero-order chi connectivity index (χ0) is 20.5. The first-order valence-corrected chi connectivity index (χ1v) is 9.91. The lowest BCUT2D eigenvalue weighted by Crippen LogP contribution is -2.23. The number of fused-ring (bicyclic) bond motifs is 1. The summed E-state index contributed by atoms with van der Waals surface area (Å²) in [5.74, 6) is 1.95. The van der Waals surface area contributed by atoms with Gasteiger partial charge in [-0.2, -0.15) is 4.98 Å². The quantitative estimate of drug-likeness (QED) is 0.556. The Morgan fingerprint density at radius 1 is 0.967 bits per heavy atom. The van der Waals surface area contributed by atoms with Crippen molar-refractivity contribution < 1.29 is 9.32 Å². The normalized spacial score (nSPS) is 13.7. The van der Waals surface area contributed by atoms with Crippen LogP contribution in [0.4, 0.5) is 11.6 Å². The number of aryl methyl sites for hydroxylation is 1. The third-order valence-corrected chi connectivity index (χ3v) is 5.11. The van der Waals surface area contributed by atoms with Crippen molar-refractivity contribution in [1.82, 2.24) is 20.1 Å². The average Bonchev–Trinajstić information content (AvgIpc) is 3.45. The van der Waals surface area contributed by atoms with E-state index < -0.39 is 0 Å². The minimum atomic E-state index is -0.242. The Bertz CT molecular complexity index is 1210. The van der Waals surface area contributed by atoms with Crippen molar-refractivity contribution in [2.45, 2.75) is 19.8 Å². The second-order valence-corrected chi connectivity index (χ2v) is 7.26. The minimum absolute atomic E-state index is 0.242. The standard InChI is InChI=1S/C22H20N6O2/c1-14-23-22(30-27-14)16-10-8-15(9-11-16)21(29)26-19-20(28-12-4-5-13-28)25-18-7-3-2-6-17(18)24-19/h2-3,6-11H,4-5,12-13H2,1H3,(H,24,26,29). The van der Waals surface area contributed by atoms with Gasteiger partial charge in [0.05, 0.1) is 11.0 Å². The fourth-order valence-electron chi connectivity index (χ4n) is 3.58. The van der Waals surface area contributed by atoms with Crippen molar-refractivity contribution in [3.8, 4) is 11.5 Å². The summed E-state index contributed by atoms with van der Waals surface area (Å²) in [6.45, 7) is 3.58. The number of hydrogen-bond acceptors (Lipinski definition) is 7. The van der Waals surface area contributed by atoms with E-state index in [1.807, 2.05) is 24.3 Å². The summed E-state index contributed by atoms with van der Waals surface area (Å²) in [7, 11) is 0. The predicted octanol–water partition coefficient (Wildman–Crippen LogP) is 3.84. The number of aromatic nitrogens is 4. The molecule has 0 radical (unpaired) electrons. The summed E-state index contributed by atoms with van der Waals surface area (Å²) < 4.78 is 5.17. The van der Waals surface area contributed by atoms with Crippen molar-refractivity contribution in [3.05, 3.63) is 59.9 Å². The molecule has 150 valence electrons. The van der Waals surface area contributed by atoms with E-state index in [1.165, 1.54) is 0 Å². The van der Waals surface area contributed by atoms with E-state index in [9.17, 15) is 4.79 Å². The van der Waals surface area contributed by atoms with Crippen LogP contribution in [0.2, 0.25) is 0 Å². The van der Waals surface area contributed by atoms with Gasteiger partial charge in [-0.1, -0.05) is 17.3 Å². The lowest BCUT2D eigenvalue weighted by atomic mass is 10.1. The summed E-state index contributed by atoms with van der Waals surface area (Å²) in [5.41, 5.74) is 2.84. The first-order valence-electron chi connectivity index (χ1n) is 9.91. The molecule has 3 heterocycles. The molecule has 8 nitrogen and oxygen atoms in total. The first kappa shape index (κ1) is 18.2. The van der Waals surface area contributed by atoms with Crippen LogP contribution in [0, 0.1) is 6.92 Å². The molecule has 0 spiro atoms. The van der Waals surface area contributed by atoms with E-state index in [2.05, 4.69) is 25.3 Å². The van der Waals surface area contributed by atoms with E-state index in [-0.39, 0.29) is 5.91 Å². The van der Waals surface area contributed by atoms with Gasteiger partial charge in [-0.05, 0) is 56.2 Å². The van der Waals surface area contributed by atoms with Gasteiger partial charge in [0.25, 0.3) is 11.8 Å². The van der Waals surface area contributed by atoms with E-state index >= 15 is 0 Å². The Kier molecular flexibility index (Phi) is 4.59. The van der Waals surface area contributed by atoms with Gasteiger partial charge in [0.15, 0.2) is 17.5 Å². The van der Waals surface area contributed by atoms with Gasteiger partial charge in [0.1, 0.15) is 0 Å². The Labute approximate surface area is 173 Å². The number of carbonyl (C=O) groups excluding carboxylic acids is 1. The molecule has 30 heavy (non-hydrogen) atoms. The fourth-order valence-corrected chi connectivity index (χ4v) is 3.58. The number of nitrogens with one attached hydrogen (secondary N) is 1. The smallest absolute Gasteiger partial charge is 0.257 e. The highest BCUT2D eigenvalue weighted by Gasteiger charge is 2.21. The SMILES string of the molecule is Cc1noc(-c2ccc(C(=O)Nc3nc4ccccc4nc3N3CCCC3)cc2)n1. The topological polar surface area (TPSA) is 97.0 Å². The monoisotopic (exact) mass is 400 g/mol. The summed E-state index contributed by atoms with van der Waals surface area (Å²) in [6.07, 6.45) is 2.22. The van der Waals surface area contributed by atoms with Crippen LogP contribution in [0.5, 0.6) is 0 Å². The molecule has 0 aliphatic carbocycles. The summed E-state index contributed by atoms with van der Waals surface area (Å²) >= 11 is 0. The zero-order valence-electron chi connectivity index (χ0n) is 16.5. The van der Waals surface area contributed by atoms with Gasteiger partial charge >= 0.3 is 0 Å². The molecule has 1 N–H and O–H groups in total. The van der Waals surface area contributed by atoms with Crippen LogP contribution < -0.4 is 10.2 Å². The third kappa shape index (κ3) is 3.47. The van der Waals surface area contributed by atoms with Gasteiger partial charge in [-0.3, -0.25) is 4.79 Å². The number of carbonyl (C=O) groups is 1. The molecule has 1 aliphatic heterocycles. The van der Waals surface area contributed by atoms with Crippen molar-refractivity contribution in [1.29, 1.82) is 0 Å². The molecule has 1 amide bonds. The van der Waals surface area contributed by atoms with Crippen LogP contribution >= 0.6 is 0 Å². The van der Waals surface area contributed by atoms with E-state index in [0.717, 1.165) is 48.3 Å². The van der Waals surface area contributed by atoms with Crippen LogP contribution in [-0.4, -0.2) is 39.1 Å². The van der Waals surface area contributed by atoms with Gasteiger partial charge in [0, 0.05) is 24.2 Å². The van der Waals surface area contributed by atoms with Crippen molar-refractivity contribution in [2.75, 3.05) is 23.3 Å². The molecule has 4 aromatic rings. The summed E-state index contributed by atoms with van der Waals surface area (Å²) in [4.78, 5) is 28.8. The highest BCUT2D eigenvalue weighted by atomic mass is 16.5. The van der Waals surface area contributed by atoms with Crippen LogP contribution in [0.1, 0.15) is 29.0 Å². The molecule has 1 aliphatic rings. The predicted molar refractivity (Wildman–Crippen MR) is 113 cm³/mol. The number of benzene rings is 2. The molecule has 8 heteroatoms. The lowest BCUT2D eigenvalue weighted by molar-refractivity contribution is 0.102. The number of hydrogen-bond donors (Lipinski definition) is 1. The lowest BCUT2D eigenvalue weighted by Gasteiger charge is -2.20. The molecule has 0 atom stereocenters. The molecule has 0 bridgehead atoms. The van der Waals surface area contributed by atoms with Gasteiger partial charge in [-0.15, -0.1) is 0 Å². The molecule has 2 aromatic heterocycles. The zero-order valence-corrected chi connectivity index (χ0v) is 16.5. The number of anilines is 2. The second-order valence-electron chi connectivity index (χ2n) is 7.26. The molecule has 0 saturated carbocycles. The molecule has 5 rings (SSSR count). The number of amides is 1. The van der Waals surface area contributed by atoms with Gasteiger partial charge in [0.2, 0.25) is 0 Å². The molecule has 1 fully saturated rings.